The van der Waals surface area contributed by atoms with Crippen LogP contribution in [0.4, 0.5) is 0 Å². The van der Waals surface area contributed by atoms with Crippen molar-refractivity contribution in [2.24, 2.45) is 0 Å². The minimum Gasteiger partial charge on any atom is -0.393 e. The number of aliphatic hydroxyl groups excluding tert-OH is 1. The van der Waals surface area contributed by atoms with E-state index in [9.17, 15) is 9.90 Å². The summed E-state index contributed by atoms with van der Waals surface area (Å²) in [6.45, 7) is 5.45. The molecule has 1 saturated heterocycles. The number of carbonyl (C=O) groups is 1. The molecule has 0 radical (unpaired) electrons. The smallest absolute Gasteiger partial charge is 0.248 e. The fourth-order valence-electron chi connectivity index (χ4n) is 2.35. The van der Waals surface area contributed by atoms with Crippen LogP contribution in [0.5, 0.6) is 0 Å². The standard InChI is InChI=1S/C13H25NO3/c1-3-8-17-10-13(16)14-7-5-4-6-12(14)9-11(2)15/h11-12,15H,3-10H2,1-2H3. The third-order valence-corrected chi connectivity index (χ3v) is 3.13. The first kappa shape index (κ1) is 14.5. The van der Waals surface area contributed by atoms with E-state index in [1.165, 1.54) is 0 Å². The molecule has 0 spiro atoms. The molecular weight excluding hydrogens is 218 g/mol. The van der Waals surface area contributed by atoms with Gasteiger partial charge in [0.05, 0.1) is 6.10 Å². The fourth-order valence-corrected chi connectivity index (χ4v) is 2.35. The second kappa shape index (κ2) is 7.67. The highest BCUT2D eigenvalue weighted by Gasteiger charge is 2.27. The van der Waals surface area contributed by atoms with Crippen LogP contribution >= 0.6 is 0 Å². The van der Waals surface area contributed by atoms with Crippen LogP contribution in [0.15, 0.2) is 0 Å². The summed E-state index contributed by atoms with van der Waals surface area (Å²) in [6, 6.07) is 0.196. The predicted molar refractivity (Wildman–Crippen MR) is 66.8 cm³/mol. The summed E-state index contributed by atoms with van der Waals surface area (Å²) in [5.74, 6) is 0.0730. The molecule has 0 bridgehead atoms. The van der Waals surface area contributed by atoms with Crippen LogP contribution in [0.2, 0.25) is 0 Å². The molecule has 1 N–H and O–H groups in total. The average Bonchev–Trinajstić information content (AvgIpc) is 2.29. The summed E-state index contributed by atoms with van der Waals surface area (Å²) < 4.78 is 5.30. The highest BCUT2D eigenvalue weighted by atomic mass is 16.5. The Labute approximate surface area is 104 Å². The predicted octanol–water partition coefficient (Wildman–Crippen LogP) is 1.57. The summed E-state index contributed by atoms with van der Waals surface area (Å²) in [5, 5.41) is 9.45. The number of carbonyl (C=O) groups excluding carboxylic acids is 1. The summed E-state index contributed by atoms with van der Waals surface area (Å²) >= 11 is 0. The number of nitrogens with zero attached hydrogens (tertiary/aromatic N) is 1. The second-order valence-electron chi connectivity index (χ2n) is 4.87. The zero-order valence-corrected chi connectivity index (χ0v) is 11.0. The molecule has 0 aromatic carbocycles. The zero-order valence-electron chi connectivity index (χ0n) is 11.0. The maximum atomic E-state index is 12.0. The Balaban J connectivity index is 2.43. The number of piperidine rings is 1. The van der Waals surface area contributed by atoms with Crippen molar-refractivity contribution < 1.29 is 14.6 Å². The van der Waals surface area contributed by atoms with Gasteiger partial charge in [-0.05, 0) is 39.0 Å². The van der Waals surface area contributed by atoms with Crippen LogP contribution < -0.4 is 0 Å². The van der Waals surface area contributed by atoms with E-state index >= 15 is 0 Å². The maximum Gasteiger partial charge on any atom is 0.248 e. The van der Waals surface area contributed by atoms with E-state index in [0.29, 0.717) is 13.0 Å². The Morgan fingerprint density at radius 1 is 1.53 bits per heavy atom. The van der Waals surface area contributed by atoms with Crippen LogP contribution in [0.1, 0.15) is 46.0 Å². The quantitative estimate of drug-likeness (QED) is 0.720. The van der Waals surface area contributed by atoms with Gasteiger partial charge in [0.1, 0.15) is 6.61 Å². The number of hydrogen-bond acceptors (Lipinski definition) is 3. The number of rotatable bonds is 6. The minimum absolute atomic E-state index is 0.0730. The highest BCUT2D eigenvalue weighted by molar-refractivity contribution is 5.77. The molecule has 0 aromatic heterocycles. The number of hydrogen-bond donors (Lipinski definition) is 1. The van der Waals surface area contributed by atoms with Crippen molar-refractivity contribution in [3.63, 3.8) is 0 Å². The van der Waals surface area contributed by atoms with Crippen molar-refractivity contribution in [2.45, 2.75) is 58.1 Å². The Bertz CT molecular complexity index is 231. The third-order valence-electron chi connectivity index (χ3n) is 3.13. The van der Waals surface area contributed by atoms with Crippen molar-refractivity contribution in [3.8, 4) is 0 Å². The molecule has 1 fully saturated rings. The van der Waals surface area contributed by atoms with Gasteiger partial charge in [-0.3, -0.25) is 4.79 Å². The molecule has 1 aliphatic heterocycles. The Morgan fingerprint density at radius 2 is 2.29 bits per heavy atom. The van der Waals surface area contributed by atoms with Gasteiger partial charge in [0.2, 0.25) is 5.91 Å². The minimum atomic E-state index is -0.343. The molecular formula is C13H25NO3. The van der Waals surface area contributed by atoms with E-state index < -0.39 is 0 Å². The Morgan fingerprint density at radius 3 is 2.94 bits per heavy atom. The molecule has 0 aliphatic carbocycles. The van der Waals surface area contributed by atoms with Gasteiger partial charge in [-0.1, -0.05) is 6.92 Å². The van der Waals surface area contributed by atoms with Crippen molar-refractivity contribution in [1.82, 2.24) is 4.90 Å². The first-order valence-electron chi connectivity index (χ1n) is 6.70. The summed E-state index contributed by atoms with van der Waals surface area (Å²) in [4.78, 5) is 13.9. The molecule has 1 aliphatic rings. The topological polar surface area (TPSA) is 49.8 Å². The summed E-state index contributed by atoms with van der Waals surface area (Å²) in [7, 11) is 0. The number of amides is 1. The number of likely N-dealkylation sites (tertiary alicyclic amines) is 1. The third kappa shape index (κ3) is 5.04. The second-order valence-corrected chi connectivity index (χ2v) is 4.87. The monoisotopic (exact) mass is 243 g/mol. The maximum absolute atomic E-state index is 12.0. The van der Waals surface area contributed by atoms with Gasteiger partial charge >= 0.3 is 0 Å². The lowest BCUT2D eigenvalue weighted by atomic mass is 9.97. The van der Waals surface area contributed by atoms with Gasteiger partial charge in [-0.2, -0.15) is 0 Å². The van der Waals surface area contributed by atoms with Gasteiger partial charge in [0.25, 0.3) is 0 Å². The molecule has 4 nitrogen and oxygen atoms in total. The zero-order chi connectivity index (χ0) is 12.7. The molecule has 1 rings (SSSR count). The van der Waals surface area contributed by atoms with Crippen molar-refractivity contribution in [1.29, 1.82) is 0 Å². The first-order valence-corrected chi connectivity index (χ1v) is 6.70. The van der Waals surface area contributed by atoms with Gasteiger partial charge in [-0.25, -0.2) is 0 Å². The molecule has 4 heteroatoms. The SMILES string of the molecule is CCCOCC(=O)N1CCCCC1CC(C)O. The van der Waals surface area contributed by atoms with Crippen LogP contribution in [0.3, 0.4) is 0 Å². The Kier molecular flexibility index (Phi) is 6.52. The molecule has 2 unspecified atom stereocenters. The molecule has 2 atom stereocenters. The first-order chi connectivity index (χ1) is 8.15. The lowest BCUT2D eigenvalue weighted by Crippen LogP contribution is -2.46. The van der Waals surface area contributed by atoms with E-state index in [0.717, 1.165) is 32.2 Å². The van der Waals surface area contributed by atoms with Crippen LogP contribution in [0.25, 0.3) is 0 Å². The van der Waals surface area contributed by atoms with E-state index in [-0.39, 0.29) is 24.7 Å². The Hall–Kier alpha value is -0.610. The molecule has 0 saturated carbocycles. The lowest BCUT2D eigenvalue weighted by molar-refractivity contribution is -0.140. The lowest BCUT2D eigenvalue weighted by Gasteiger charge is -2.36. The van der Waals surface area contributed by atoms with E-state index in [4.69, 9.17) is 4.74 Å². The van der Waals surface area contributed by atoms with Crippen LogP contribution in [-0.2, 0) is 9.53 Å². The van der Waals surface area contributed by atoms with E-state index in [1.807, 2.05) is 11.8 Å². The van der Waals surface area contributed by atoms with Crippen LogP contribution in [0, 0.1) is 0 Å². The van der Waals surface area contributed by atoms with Gasteiger partial charge in [-0.15, -0.1) is 0 Å². The highest BCUT2D eigenvalue weighted by Crippen LogP contribution is 2.21. The van der Waals surface area contributed by atoms with E-state index in [2.05, 4.69) is 0 Å². The summed E-state index contributed by atoms with van der Waals surface area (Å²) in [5.41, 5.74) is 0. The molecule has 0 aromatic rings. The largest absolute Gasteiger partial charge is 0.393 e. The normalized spacial score (nSPS) is 22.5. The molecule has 1 heterocycles. The molecule has 17 heavy (non-hydrogen) atoms. The van der Waals surface area contributed by atoms with Crippen LogP contribution in [-0.4, -0.2) is 47.8 Å². The van der Waals surface area contributed by atoms with Crippen molar-refractivity contribution in [3.05, 3.63) is 0 Å². The van der Waals surface area contributed by atoms with Crippen molar-refractivity contribution in [2.75, 3.05) is 19.8 Å². The van der Waals surface area contributed by atoms with Gasteiger partial charge in [0, 0.05) is 19.2 Å². The number of aliphatic hydroxyl groups is 1. The molecule has 100 valence electrons. The van der Waals surface area contributed by atoms with Crippen molar-refractivity contribution >= 4 is 5.91 Å². The van der Waals surface area contributed by atoms with Gasteiger partial charge < -0.3 is 14.7 Å². The van der Waals surface area contributed by atoms with E-state index in [1.54, 1.807) is 6.92 Å². The average molecular weight is 243 g/mol. The fraction of sp³-hybridized carbons (Fsp3) is 0.923. The summed E-state index contributed by atoms with van der Waals surface area (Å²) in [6.07, 6.45) is 4.49. The molecule has 1 amide bonds. The van der Waals surface area contributed by atoms with Gasteiger partial charge in [0.15, 0.2) is 0 Å². The number of ether oxygens (including phenoxy) is 1.